The molecule has 0 heterocycles. The van der Waals surface area contributed by atoms with Crippen LogP contribution in [0.4, 0.5) is 0 Å². The fourth-order valence-electron chi connectivity index (χ4n) is 1.23. The van der Waals surface area contributed by atoms with Crippen molar-refractivity contribution in [2.75, 3.05) is 0 Å². The zero-order valence-corrected chi connectivity index (χ0v) is 9.63. The molecule has 3 nitrogen and oxygen atoms in total. The van der Waals surface area contributed by atoms with Crippen LogP contribution in [-0.2, 0) is 9.63 Å². The average Bonchev–Trinajstić information content (AvgIpc) is 2.36. The van der Waals surface area contributed by atoms with Gasteiger partial charge >= 0.3 is 5.97 Å². The summed E-state index contributed by atoms with van der Waals surface area (Å²) in [5, 5.41) is 3.63. The van der Waals surface area contributed by atoms with E-state index in [1.165, 1.54) is 6.21 Å². The lowest BCUT2D eigenvalue weighted by atomic mass is 10.2. The summed E-state index contributed by atoms with van der Waals surface area (Å²) >= 11 is 0. The lowest BCUT2D eigenvalue weighted by Crippen LogP contribution is -1.99. The van der Waals surface area contributed by atoms with Crippen LogP contribution in [0.2, 0.25) is 0 Å². The van der Waals surface area contributed by atoms with Gasteiger partial charge in [0.15, 0.2) is 0 Å². The van der Waals surface area contributed by atoms with Gasteiger partial charge in [0, 0.05) is 12.8 Å². The highest BCUT2D eigenvalue weighted by atomic mass is 16.7. The van der Waals surface area contributed by atoms with E-state index in [-0.39, 0.29) is 5.97 Å². The zero-order chi connectivity index (χ0) is 12.3. The van der Waals surface area contributed by atoms with Crippen molar-refractivity contribution in [3.63, 3.8) is 0 Å². The predicted molar refractivity (Wildman–Crippen MR) is 67.4 cm³/mol. The largest absolute Gasteiger partial charge is 0.335 e. The van der Waals surface area contributed by atoms with E-state index < -0.39 is 0 Å². The third-order valence-electron chi connectivity index (χ3n) is 2.11. The molecule has 1 aromatic carbocycles. The molecule has 0 aliphatic carbocycles. The van der Waals surface area contributed by atoms with Gasteiger partial charge in [-0.1, -0.05) is 35.5 Å². The van der Waals surface area contributed by atoms with Crippen LogP contribution in [-0.4, -0.2) is 12.2 Å². The van der Waals surface area contributed by atoms with Gasteiger partial charge in [0.1, 0.15) is 0 Å². The molecule has 88 valence electrons. The first-order valence-corrected chi connectivity index (χ1v) is 5.54. The summed E-state index contributed by atoms with van der Waals surface area (Å²) in [5.74, 6) is 2.20. The number of hydrogen-bond donors (Lipinski definition) is 0. The molecule has 0 fully saturated rings. The minimum absolute atomic E-state index is 0.325. The number of rotatable bonds is 6. The fraction of sp³-hybridized carbons (Fsp3) is 0.286. The van der Waals surface area contributed by atoms with E-state index in [0.717, 1.165) is 18.4 Å². The lowest BCUT2D eigenvalue weighted by molar-refractivity contribution is -0.143. The summed E-state index contributed by atoms with van der Waals surface area (Å²) in [5.41, 5.74) is 0.896. The summed E-state index contributed by atoms with van der Waals surface area (Å²) in [6.07, 6.45) is 9.24. The van der Waals surface area contributed by atoms with Crippen LogP contribution in [0.3, 0.4) is 0 Å². The van der Waals surface area contributed by atoms with Crippen LogP contribution >= 0.6 is 0 Å². The molecule has 0 saturated carbocycles. The first-order valence-electron chi connectivity index (χ1n) is 5.54. The van der Waals surface area contributed by atoms with Gasteiger partial charge in [-0.2, -0.15) is 0 Å². The number of terminal acetylenes is 1. The maximum atomic E-state index is 11.2. The standard InChI is InChI=1S/C14H15NO2/c1-2-3-4-8-11-14(16)17-15-12-13-9-6-5-7-10-13/h1,5-7,9-10,12H,3-4,8,11H2/b15-12+. The van der Waals surface area contributed by atoms with Gasteiger partial charge in [-0.15, -0.1) is 12.3 Å². The fourth-order valence-corrected chi connectivity index (χ4v) is 1.23. The zero-order valence-electron chi connectivity index (χ0n) is 9.63. The van der Waals surface area contributed by atoms with Gasteiger partial charge < -0.3 is 4.84 Å². The van der Waals surface area contributed by atoms with E-state index in [1.54, 1.807) is 0 Å². The monoisotopic (exact) mass is 229 g/mol. The Morgan fingerprint density at radius 1 is 1.35 bits per heavy atom. The second-order valence-corrected chi connectivity index (χ2v) is 3.52. The molecule has 0 unspecified atom stereocenters. The van der Waals surface area contributed by atoms with Gasteiger partial charge in [0.05, 0.1) is 6.21 Å². The Bertz CT molecular complexity index is 404. The quantitative estimate of drug-likeness (QED) is 0.247. The summed E-state index contributed by atoms with van der Waals surface area (Å²) in [7, 11) is 0. The summed E-state index contributed by atoms with van der Waals surface area (Å²) in [6, 6.07) is 9.45. The highest BCUT2D eigenvalue weighted by molar-refractivity contribution is 5.80. The van der Waals surface area contributed by atoms with Crippen molar-refractivity contribution < 1.29 is 9.63 Å². The molecule has 0 aliphatic rings. The smallest absolute Gasteiger partial charge is 0.318 e. The highest BCUT2D eigenvalue weighted by Crippen LogP contribution is 2.01. The van der Waals surface area contributed by atoms with Gasteiger partial charge in [-0.3, -0.25) is 0 Å². The van der Waals surface area contributed by atoms with Gasteiger partial charge in [-0.05, 0) is 18.4 Å². The third-order valence-corrected chi connectivity index (χ3v) is 2.11. The number of oxime groups is 1. The molecular formula is C14H15NO2. The van der Waals surface area contributed by atoms with Gasteiger partial charge in [0.2, 0.25) is 0 Å². The van der Waals surface area contributed by atoms with Crippen LogP contribution in [0.1, 0.15) is 31.2 Å². The number of benzene rings is 1. The van der Waals surface area contributed by atoms with Crippen LogP contribution in [0, 0.1) is 12.3 Å². The number of unbranched alkanes of at least 4 members (excludes halogenated alkanes) is 2. The van der Waals surface area contributed by atoms with E-state index in [0.29, 0.717) is 12.8 Å². The van der Waals surface area contributed by atoms with Crippen LogP contribution in [0.5, 0.6) is 0 Å². The molecule has 0 N–H and O–H groups in total. The summed E-state index contributed by atoms with van der Waals surface area (Å²) in [4.78, 5) is 15.9. The van der Waals surface area contributed by atoms with Crippen molar-refractivity contribution in [1.29, 1.82) is 0 Å². The Hall–Kier alpha value is -2.08. The Labute approximate surface area is 101 Å². The maximum Gasteiger partial charge on any atom is 0.335 e. The molecule has 0 atom stereocenters. The van der Waals surface area contributed by atoms with Crippen molar-refractivity contribution >= 4 is 12.2 Å². The Morgan fingerprint density at radius 2 is 2.12 bits per heavy atom. The van der Waals surface area contributed by atoms with Crippen molar-refractivity contribution in [2.24, 2.45) is 5.16 Å². The molecule has 0 amide bonds. The second kappa shape index (κ2) is 8.12. The van der Waals surface area contributed by atoms with Gasteiger partial charge in [-0.25, -0.2) is 4.79 Å². The predicted octanol–water partition coefficient (Wildman–Crippen LogP) is 2.76. The van der Waals surface area contributed by atoms with Crippen molar-refractivity contribution in [1.82, 2.24) is 0 Å². The minimum atomic E-state index is -0.325. The molecule has 0 radical (unpaired) electrons. The molecule has 1 rings (SSSR count). The molecule has 0 aliphatic heterocycles. The highest BCUT2D eigenvalue weighted by Gasteiger charge is 2.00. The van der Waals surface area contributed by atoms with Crippen molar-refractivity contribution in [3.8, 4) is 12.3 Å². The number of nitrogens with zero attached hydrogens (tertiary/aromatic N) is 1. The van der Waals surface area contributed by atoms with Crippen LogP contribution in [0.25, 0.3) is 0 Å². The Balaban J connectivity index is 2.20. The second-order valence-electron chi connectivity index (χ2n) is 3.52. The number of carbonyl (C=O) groups excluding carboxylic acids is 1. The number of hydrogen-bond acceptors (Lipinski definition) is 3. The summed E-state index contributed by atoms with van der Waals surface area (Å²) in [6.45, 7) is 0. The van der Waals surface area contributed by atoms with Crippen molar-refractivity contribution in [2.45, 2.75) is 25.7 Å². The number of carbonyl (C=O) groups is 1. The summed E-state index contributed by atoms with van der Waals surface area (Å²) < 4.78 is 0. The lowest BCUT2D eigenvalue weighted by Gasteiger charge is -1.96. The Morgan fingerprint density at radius 3 is 2.82 bits per heavy atom. The van der Waals surface area contributed by atoms with E-state index in [9.17, 15) is 4.79 Å². The van der Waals surface area contributed by atoms with Crippen LogP contribution < -0.4 is 0 Å². The van der Waals surface area contributed by atoms with Gasteiger partial charge in [0.25, 0.3) is 0 Å². The maximum absolute atomic E-state index is 11.2. The van der Waals surface area contributed by atoms with E-state index in [4.69, 9.17) is 11.3 Å². The average molecular weight is 229 g/mol. The van der Waals surface area contributed by atoms with E-state index in [1.807, 2.05) is 30.3 Å². The molecule has 1 aromatic rings. The SMILES string of the molecule is C#CCCCCC(=O)O/N=C/c1ccccc1. The molecule has 0 bridgehead atoms. The first kappa shape index (κ1) is 13.0. The van der Waals surface area contributed by atoms with Crippen molar-refractivity contribution in [3.05, 3.63) is 35.9 Å². The minimum Gasteiger partial charge on any atom is -0.318 e. The molecule has 0 saturated heterocycles. The third kappa shape index (κ3) is 6.16. The molecule has 3 heteroatoms. The molecular weight excluding hydrogens is 214 g/mol. The van der Waals surface area contributed by atoms with E-state index >= 15 is 0 Å². The Kier molecular flexibility index (Phi) is 6.20. The van der Waals surface area contributed by atoms with E-state index in [2.05, 4.69) is 11.1 Å². The molecule has 17 heavy (non-hydrogen) atoms. The normalized spacial score (nSPS) is 10.1. The molecule has 0 spiro atoms. The van der Waals surface area contributed by atoms with Crippen LogP contribution in [0.15, 0.2) is 35.5 Å². The first-order chi connectivity index (χ1) is 8.33. The topological polar surface area (TPSA) is 38.7 Å². The molecule has 0 aromatic heterocycles.